The van der Waals surface area contributed by atoms with Crippen LogP contribution in [0.2, 0.25) is 0 Å². The second-order valence-corrected chi connectivity index (χ2v) is 7.96. The molecule has 0 amide bonds. The zero-order valence-electron chi connectivity index (χ0n) is 14.9. The fourth-order valence-corrected chi connectivity index (χ4v) is 4.93. The molecule has 4 aromatic rings. The lowest BCUT2D eigenvalue weighted by Crippen LogP contribution is -2.26. The highest BCUT2D eigenvalue weighted by atomic mass is 32.1. The van der Waals surface area contributed by atoms with Crippen LogP contribution in [-0.2, 0) is 0 Å². The Balaban J connectivity index is 1.65. The first-order valence-corrected chi connectivity index (χ1v) is 10.1. The number of carbonyl (C=O) groups is 1. The summed E-state index contributed by atoms with van der Waals surface area (Å²) >= 11 is 1.68. The number of rotatable bonds is 3. The van der Waals surface area contributed by atoms with Crippen LogP contribution in [0.3, 0.4) is 0 Å². The number of hydrogen-bond donors (Lipinski definition) is 4. The molecule has 0 bridgehead atoms. The van der Waals surface area contributed by atoms with Crippen LogP contribution in [0.25, 0.3) is 33.1 Å². The van der Waals surface area contributed by atoms with Crippen LogP contribution in [0.5, 0.6) is 0 Å². The van der Waals surface area contributed by atoms with Crippen LogP contribution >= 0.6 is 11.3 Å². The van der Waals surface area contributed by atoms with Crippen molar-refractivity contribution in [2.75, 3.05) is 13.1 Å². The topological polar surface area (TPSA) is 111 Å². The Bertz CT molecular complexity index is 1260. The molecule has 4 N–H and O–H groups in total. The summed E-state index contributed by atoms with van der Waals surface area (Å²) in [7, 11) is 0. The van der Waals surface area contributed by atoms with Gasteiger partial charge in [0.2, 0.25) is 0 Å². The van der Waals surface area contributed by atoms with Crippen LogP contribution in [0.15, 0.2) is 34.6 Å². The van der Waals surface area contributed by atoms with Gasteiger partial charge in [0, 0.05) is 39.3 Å². The summed E-state index contributed by atoms with van der Waals surface area (Å²) in [6.07, 6.45) is 3.56. The highest BCUT2D eigenvalue weighted by molar-refractivity contribution is 7.10. The second-order valence-electron chi connectivity index (χ2n) is 7.07. The quantitative estimate of drug-likeness (QED) is 0.426. The van der Waals surface area contributed by atoms with Gasteiger partial charge in [-0.25, -0.2) is 9.78 Å². The highest BCUT2D eigenvalue weighted by Crippen LogP contribution is 2.33. The van der Waals surface area contributed by atoms with E-state index in [2.05, 4.69) is 20.7 Å². The lowest BCUT2D eigenvalue weighted by atomic mass is 9.99. The standard InChI is InChI=1S/C20H18N4O3S/c25-18-17-16(13(8-22-17)20(26)27)12-7-11(1-2-14(12)23-18)15-9-28-19(24-15)10-3-5-21-6-4-10/h1-2,7-10,21-22H,3-6H2,(H,23,25)(H,26,27). The summed E-state index contributed by atoms with van der Waals surface area (Å²) in [6.45, 7) is 2.04. The number of benzene rings is 1. The SMILES string of the molecule is O=C(O)c1c[nH]c2c(=O)[nH]c3ccc(-c4csc(C5CCNCC5)n4)cc3c12. The van der Waals surface area contributed by atoms with Gasteiger partial charge in [0.05, 0.1) is 16.3 Å². The van der Waals surface area contributed by atoms with Gasteiger partial charge in [0.1, 0.15) is 5.52 Å². The number of aromatic nitrogens is 3. The lowest BCUT2D eigenvalue weighted by Gasteiger charge is -2.20. The third kappa shape index (κ3) is 2.73. The molecule has 5 rings (SSSR count). The first kappa shape index (κ1) is 17.2. The lowest BCUT2D eigenvalue weighted by molar-refractivity contribution is 0.0699. The first-order valence-electron chi connectivity index (χ1n) is 9.19. The van der Waals surface area contributed by atoms with E-state index < -0.39 is 5.97 Å². The van der Waals surface area contributed by atoms with Crippen molar-refractivity contribution in [1.29, 1.82) is 0 Å². The number of pyridine rings is 1. The smallest absolute Gasteiger partial charge is 0.337 e. The highest BCUT2D eigenvalue weighted by Gasteiger charge is 2.20. The van der Waals surface area contributed by atoms with Gasteiger partial charge in [-0.05, 0) is 38.1 Å². The van der Waals surface area contributed by atoms with E-state index in [9.17, 15) is 14.7 Å². The molecule has 0 atom stereocenters. The number of H-pyrrole nitrogens is 2. The number of carboxylic acid groups (broad SMARTS) is 1. The summed E-state index contributed by atoms with van der Waals surface area (Å²) in [5.41, 5.74) is 2.44. The molecular formula is C20H18N4O3S. The van der Waals surface area contributed by atoms with Crippen molar-refractivity contribution < 1.29 is 9.90 Å². The summed E-state index contributed by atoms with van der Waals surface area (Å²) in [4.78, 5) is 34.3. The molecule has 1 aliphatic rings. The van der Waals surface area contributed by atoms with Crippen molar-refractivity contribution in [3.63, 3.8) is 0 Å². The van der Waals surface area contributed by atoms with Crippen molar-refractivity contribution in [2.24, 2.45) is 0 Å². The Kier molecular flexibility index (Phi) is 4.03. The molecule has 28 heavy (non-hydrogen) atoms. The Morgan fingerprint density at radius 2 is 2.07 bits per heavy atom. The molecule has 0 unspecified atom stereocenters. The van der Waals surface area contributed by atoms with Gasteiger partial charge in [-0.3, -0.25) is 4.79 Å². The molecule has 1 aliphatic heterocycles. The molecule has 1 fully saturated rings. The molecular weight excluding hydrogens is 376 g/mol. The fourth-order valence-electron chi connectivity index (χ4n) is 3.93. The third-order valence-corrected chi connectivity index (χ3v) is 6.39. The van der Waals surface area contributed by atoms with Crippen molar-refractivity contribution >= 4 is 39.1 Å². The van der Waals surface area contributed by atoms with Crippen LogP contribution < -0.4 is 10.9 Å². The minimum atomic E-state index is -1.06. The van der Waals surface area contributed by atoms with E-state index in [0.717, 1.165) is 42.2 Å². The molecule has 1 aromatic carbocycles. The fraction of sp³-hybridized carbons (Fsp3) is 0.250. The van der Waals surface area contributed by atoms with E-state index in [1.54, 1.807) is 11.3 Å². The normalized spacial score (nSPS) is 15.4. The largest absolute Gasteiger partial charge is 0.478 e. The number of aromatic amines is 2. The van der Waals surface area contributed by atoms with Crippen molar-refractivity contribution in [3.05, 3.63) is 50.7 Å². The van der Waals surface area contributed by atoms with E-state index in [1.165, 1.54) is 6.20 Å². The predicted octanol–water partition coefficient (Wildman–Crippen LogP) is 3.30. The van der Waals surface area contributed by atoms with E-state index >= 15 is 0 Å². The number of hydrogen-bond acceptors (Lipinski definition) is 5. The Morgan fingerprint density at radius 1 is 1.25 bits per heavy atom. The maximum absolute atomic E-state index is 12.3. The van der Waals surface area contributed by atoms with E-state index in [-0.39, 0.29) is 16.6 Å². The van der Waals surface area contributed by atoms with Crippen LogP contribution in [0.1, 0.15) is 34.1 Å². The number of thiazole rings is 1. The third-order valence-electron chi connectivity index (χ3n) is 5.38. The van der Waals surface area contributed by atoms with Crippen LogP contribution in [0, 0.1) is 0 Å². The minimum Gasteiger partial charge on any atom is -0.478 e. The Labute approximate surface area is 163 Å². The van der Waals surface area contributed by atoms with Gasteiger partial charge in [-0.2, -0.15) is 0 Å². The maximum atomic E-state index is 12.3. The maximum Gasteiger partial charge on any atom is 0.337 e. The molecule has 4 heterocycles. The van der Waals surface area contributed by atoms with Gasteiger partial charge < -0.3 is 20.4 Å². The molecule has 0 aliphatic carbocycles. The zero-order valence-corrected chi connectivity index (χ0v) is 15.7. The Morgan fingerprint density at radius 3 is 2.86 bits per heavy atom. The summed E-state index contributed by atoms with van der Waals surface area (Å²) in [6, 6.07) is 5.64. The number of aromatic carboxylic acids is 1. The molecule has 0 radical (unpaired) electrons. The van der Waals surface area contributed by atoms with Crippen molar-refractivity contribution in [2.45, 2.75) is 18.8 Å². The molecule has 0 spiro atoms. The average Bonchev–Trinajstić information content (AvgIpc) is 3.37. The molecule has 142 valence electrons. The van der Waals surface area contributed by atoms with Crippen molar-refractivity contribution in [1.82, 2.24) is 20.3 Å². The summed E-state index contributed by atoms with van der Waals surface area (Å²) < 4.78 is 0. The number of nitrogens with one attached hydrogen (secondary N) is 3. The minimum absolute atomic E-state index is 0.0944. The molecule has 8 heteroatoms. The van der Waals surface area contributed by atoms with Crippen molar-refractivity contribution in [3.8, 4) is 11.3 Å². The molecule has 7 nitrogen and oxygen atoms in total. The van der Waals surface area contributed by atoms with Gasteiger partial charge in [0.15, 0.2) is 0 Å². The summed E-state index contributed by atoms with van der Waals surface area (Å²) in [5.74, 6) is -0.572. The Hall–Kier alpha value is -2.97. The van der Waals surface area contributed by atoms with Gasteiger partial charge in [-0.1, -0.05) is 6.07 Å². The number of fused-ring (bicyclic) bond motifs is 3. The second kappa shape index (κ2) is 6.57. The number of carboxylic acids is 1. The van der Waals surface area contributed by atoms with Crippen LogP contribution in [0.4, 0.5) is 0 Å². The predicted molar refractivity (Wildman–Crippen MR) is 109 cm³/mol. The van der Waals surface area contributed by atoms with Gasteiger partial charge >= 0.3 is 5.97 Å². The van der Waals surface area contributed by atoms with Gasteiger partial charge in [0.25, 0.3) is 5.56 Å². The monoisotopic (exact) mass is 394 g/mol. The molecule has 3 aromatic heterocycles. The molecule has 1 saturated heterocycles. The number of piperidine rings is 1. The first-order chi connectivity index (χ1) is 13.6. The summed E-state index contributed by atoms with van der Waals surface area (Å²) in [5, 5.41) is 17.2. The number of nitrogens with zero attached hydrogens (tertiary/aromatic N) is 1. The van der Waals surface area contributed by atoms with E-state index in [1.807, 2.05) is 18.2 Å². The van der Waals surface area contributed by atoms with Gasteiger partial charge in [-0.15, -0.1) is 11.3 Å². The zero-order chi connectivity index (χ0) is 19.3. The molecule has 0 saturated carbocycles. The van der Waals surface area contributed by atoms with Crippen LogP contribution in [-0.4, -0.2) is 39.1 Å². The van der Waals surface area contributed by atoms with E-state index in [0.29, 0.717) is 22.2 Å². The average molecular weight is 394 g/mol. The van der Waals surface area contributed by atoms with E-state index in [4.69, 9.17) is 4.98 Å².